The lowest BCUT2D eigenvalue weighted by Crippen LogP contribution is -2.33. The molecule has 0 radical (unpaired) electrons. The van der Waals surface area contributed by atoms with Crippen LogP contribution in [0.3, 0.4) is 0 Å². The molecule has 0 bridgehead atoms. The molecule has 1 aromatic carbocycles. The molecule has 23 heavy (non-hydrogen) atoms. The van der Waals surface area contributed by atoms with Crippen LogP contribution in [0.1, 0.15) is 11.1 Å². The first-order valence-electron chi connectivity index (χ1n) is 7.90. The highest BCUT2D eigenvalue weighted by atomic mass is 32.2. The first kappa shape index (κ1) is 15.9. The number of benzene rings is 1. The van der Waals surface area contributed by atoms with Gasteiger partial charge in [0.15, 0.2) is 18.9 Å². The van der Waals surface area contributed by atoms with Crippen molar-refractivity contribution in [3.63, 3.8) is 0 Å². The minimum atomic E-state index is 0.755. The maximum Gasteiger partial charge on any atom is 0.169 e. The summed E-state index contributed by atoms with van der Waals surface area (Å²) >= 11 is 1.87. The lowest BCUT2D eigenvalue weighted by molar-refractivity contribution is -0.692. The molecule has 1 aliphatic heterocycles. The number of rotatable bonds is 5. The minimum Gasteiger partial charge on any atom is -0.490 e. The van der Waals surface area contributed by atoms with Gasteiger partial charge in [-0.2, -0.15) is 11.8 Å². The van der Waals surface area contributed by atoms with Crippen molar-refractivity contribution in [3.05, 3.63) is 53.9 Å². The Labute approximate surface area is 142 Å². The van der Waals surface area contributed by atoms with Crippen molar-refractivity contribution >= 4 is 29.6 Å². The Balaban J connectivity index is 1.70. The van der Waals surface area contributed by atoms with Gasteiger partial charge in [-0.25, -0.2) is 4.57 Å². The van der Waals surface area contributed by atoms with Gasteiger partial charge in [0.1, 0.15) is 12.4 Å². The van der Waals surface area contributed by atoms with Crippen LogP contribution >= 0.6 is 11.8 Å². The molecule has 4 heteroatoms. The number of anilines is 1. The molecule has 0 atom stereocenters. The molecule has 0 N–H and O–H groups in total. The number of ether oxygens (including phenoxy) is 1. The summed E-state index contributed by atoms with van der Waals surface area (Å²) in [6.07, 6.45) is 10.7. The van der Waals surface area contributed by atoms with Crippen LogP contribution in [0.2, 0.25) is 0 Å². The minimum absolute atomic E-state index is 0.755. The molecule has 0 saturated carbocycles. The first-order chi connectivity index (χ1) is 11.3. The van der Waals surface area contributed by atoms with Crippen molar-refractivity contribution in [2.45, 2.75) is 6.54 Å². The molecule has 120 valence electrons. The number of thioether (sulfide) groups is 1. The van der Waals surface area contributed by atoms with Crippen molar-refractivity contribution in [3.8, 4) is 5.75 Å². The van der Waals surface area contributed by atoms with E-state index in [1.165, 1.54) is 11.3 Å². The van der Waals surface area contributed by atoms with Gasteiger partial charge in [0.05, 0.1) is 18.0 Å². The van der Waals surface area contributed by atoms with Gasteiger partial charge in [0.25, 0.3) is 0 Å². The second-order valence-corrected chi connectivity index (χ2v) is 6.68. The lowest BCUT2D eigenvalue weighted by atomic mass is 10.1. The van der Waals surface area contributed by atoms with Crippen LogP contribution in [0.25, 0.3) is 12.2 Å². The second-order valence-electron chi connectivity index (χ2n) is 5.69. The summed E-state index contributed by atoms with van der Waals surface area (Å²) in [6, 6.07) is 10.7. The molecular formula is C19H23N2OS+. The Morgan fingerprint density at radius 1 is 1.17 bits per heavy atom. The molecule has 0 unspecified atom stereocenters. The van der Waals surface area contributed by atoms with Crippen molar-refractivity contribution in [1.29, 1.82) is 0 Å². The Morgan fingerprint density at radius 3 is 2.74 bits per heavy atom. The topological polar surface area (TPSA) is 16.4 Å². The summed E-state index contributed by atoms with van der Waals surface area (Å²) in [6.45, 7) is 2.76. The van der Waals surface area contributed by atoms with E-state index in [9.17, 15) is 0 Å². The summed E-state index contributed by atoms with van der Waals surface area (Å²) in [5.41, 5.74) is 3.54. The number of nitrogens with zero attached hydrogens (tertiary/aromatic N) is 2. The molecule has 0 spiro atoms. The smallest absolute Gasteiger partial charge is 0.169 e. The van der Waals surface area contributed by atoms with E-state index < -0.39 is 0 Å². The van der Waals surface area contributed by atoms with Crippen molar-refractivity contribution in [2.75, 3.05) is 37.1 Å². The zero-order valence-corrected chi connectivity index (χ0v) is 14.6. The first-order valence-corrected chi connectivity index (χ1v) is 9.30. The average Bonchev–Trinajstić information content (AvgIpc) is 2.59. The number of likely N-dealkylation sites (N-methyl/N-ethyl adjacent to an activating group) is 1. The largest absolute Gasteiger partial charge is 0.490 e. The van der Waals surface area contributed by atoms with Gasteiger partial charge in [0, 0.05) is 19.2 Å². The van der Waals surface area contributed by atoms with Gasteiger partial charge >= 0.3 is 0 Å². The second kappa shape index (κ2) is 7.55. The number of fused-ring (bicyclic) bond motifs is 1. The third kappa shape index (κ3) is 4.08. The van der Waals surface area contributed by atoms with E-state index in [1.54, 1.807) is 0 Å². The Morgan fingerprint density at radius 2 is 1.96 bits per heavy atom. The normalized spacial score (nSPS) is 13.9. The quantitative estimate of drug-likeness (QED) is 0.784. The molecule has 3 nitrogen and oxygen atoms in total. The van der Waals surface area contributed by atoms with E-state index in [2.05, 4.69) is 77.6 Å². The molecule has 1 aliphatic rings. The molecule has 3 rings (SSSR count). The molecule has 0 amide bonds. The van der Waals surface area contributed by atoms with Crippen molar-refractivity contribution < 1.29 is 9.30 Å². The van der Waals surface area contributed by atoms with E-state index in [0.29, 0.717) is 0 Å². The average molecular weight is 327 g/mol. The van der Waals surface area contributed by atoms with Crippen LogP contribution in [0.5, 0.6) is 5.75 Å². The van der Waals surface area contributed by atoms with Gasteiger partial charge in [-0.05, 0) is 29.5 Å². The van der Waals surface area contributed by atoms with E-state index in [4.69, 9.17) is 4.74 Å². The number of aromatic nitrogens is 1. The predicted molar refractivity (Wildman–Crippen MR) is 99.2 cm³/mol. The zero-order valence-electron chi connectivity index (χ0n) is 13.7. The van der Waals surface area contributed by atoms with Crippen LogP contribution in [-0.4, -0.2) is 32.2 Å². The van der Waals surface area contributed by atoms with E-state index in [1.807, 2.05) is 11.8 Å². The summed E-state index contributed by atoms with van der Waals surface area (Å²) in [5, 5.41) is 0. The van der Waals surface area contributed by atoms with E-state index in [-0.39, 0.29) is 0 Å². The molecular weight excluding hydrogens is 304 g/mol. The third-order valence-corrected chi connectivity index (χ3v) is 4.61. The van der Waals surface area contributed by atoms with Crippen LogP contribution in [0.4, 0.5) is 5.69 Å². The SMILES string of the molecule is CSCC[n+]1ccc(/C=C/c2ccc3c(c2)OCCN3C)cc1. The van der Waals surface area contributed by atoms with Crippen LogP contribution in [0.15, 0.2) is 42.7 Å². The number of hydrogen-bond donors (Lipinski definition) is 0. The number of hydrogen-bond acceptors (Lipinski definition) is 3. The molecule has 0 saturated heterocycles. The molecule has 2 aromatic rings. The monoisotopic (exact) mass is 327 g/mol. The summed E-state index contributed by atoms with van der Waals surface area (Å²) < 4.78 is 7.98. The zero-order chi connectivity index (χ0) is 16.1. The van der Waals surface area contributed by atoms with Gasteiger partial charge in [-0.1, -0.05) is 18.2 Å². The van der Waals surface area contributed by atoms with Crippen LogP contribution in [0, 0.1) is 0 Å². The Kier molecular flexibility index (Phi) is 5.23. The Bertz CT molecular complexity index is 682. The third-order valence-electron chi connectivity index (χ3n) is 4.02. The van der Waals surface area contributed by atoms with Crippen LogP contribution in [-0.2, 0) is 6.54 Å². The number of pyridine rings is 1. The molecule has 2 heterocycles. The molecule has 0 aliphatic carbocycles. The van der Waals surface area contributed by atoms with Crippen molar-refractivity contribution in [2.24, 2.45) is 0 Å². The van der Waals surface area contributed by atoms with Gasteiger partial charge in [-0.3, -0.25) is 0 Å². The maximum atomic E-state index is 5.76. The number of aryl methyl sites for hydroxylation is 1. The highest BCUT2D eigenvalue weighted by Crippen LogP contribution is 2.31. The molecule has 0 fully saturated rings. The summed E-state index contributed by atoms with van der Waals surface area (Å²) in [5.74, 6) is 2.12. The fourth-order valence-corrected chi connectivity index (χ4v) is 2.99. The van der Waals surface area contributed by atoms with Crippen molar-refractivity contribution in [1.82, 2.24) is 0 Å². The van der Waals surface area contributed by atoms with Gasteiger partial charge in [-0.15, -0.1) is 0 Å². The predicted octanol–water partition coefficient (Wildman–Crippen LogP) is 3.34. The Hall–Kier alpha value is -1.94. The lowest BCUT2D eigenvalue weighted by Gasteiger charge is -2.27. The molecule has 1 aromatic heterocycles. The van der Waals surface area contributed by atoms with Gasteiger partial charge < -0.3 is 9.64 Å². The highest BCUT2D eigenvalue weighted by Gasteiger charge is 2.14. The fraction of sp³-hybridized carbons (Fsp3) is 0.316. The standard InChI is InChI=1S/C19H23N2OS/c1-20-11-13-22-19-15-17(5-6-18(19)20)4-3-16-7-9-21(10-8-16)12-14-23-2/h3-10,15H,11-14H2,1-2H3/q+1. The summed E-state index contributed by atoms with van der Waals surface area (Å²) in [7, 11) is 2.10. The fourth-order valence-electron chi connectivity index (χ4n) is 2.60. The van der Waals surface area contributed by atoms with Crippen LogP contribution < -0.4 is 14.2 Å². The highest BCUT2D eigenvalue weighted by molar-refractivity contribution is 7.98. The summed E-state index contributed by atoms with van der Waals surface area (Å²) in [4.78, 5) is 2.23. The van der Waals surface area contributed by atoms with E-state index in [0.717, 1.165) is 36.8 Å². The van der Waals surface area contributed by atoms with E-state index >= 15 is 0 Å². The maximum absolute atomic E-state index is 5.76. The van der Waals surface area contributed by atoms with Gasteiger partial charge in [0.2, 0.25) is 0 Å².